The minimum absolute atomic E-state index is 0.0698. The van der Waals surface area contributed by atoms with E-state index in [2.05, 4.69) is 46.7 Å². The lowest BCUT2D eigenvalue weighted by molar-refractivity contribution is 0.401. The zero-order chi connectivity index (χ0) is 15.5. The fraction of sp³-hybridized carbons (Fsp3) is 0.375. The Labute approximate surface area is 133 Å². The number of methoxy groups -OCH3 is 1. The molecule has 0 saturated heterocycles. The van der Waals surface area contributed by atoms with Crippen LogP contribution in [0.15, 0.2) is 30.6 Å². The minimum Gasteiger partial charge on any atom is -0.497 e. The van der Waals surface area contributed by atoms with E-state index in [9.17, 15) is 0 Å². The maximum atomic E-state index is 5.84. The van der Waals surface area contributed by atoms with E-state index in [1.807, 2.05) is 18.2 Å². The summed E-state index contributed by atoms with van der Waals surface area (Å²) in [6, 6.07) is 6.09. The van der Waals surface area contributed by atoms with Crippen LogP contribution < -0.4 is 9.47 Å². The highest BCUT2D eigenvalue weighted by Crippen LogP contribution is 2.35. The second-order valence-corrected chi connectivity index (χ2v) is 6.28. The lowest BCUT2D eigenvalue weighted by Crippen LogP contribution is -2.13. The molecule has 0 unspecified atom stereocenters. The van der Waals surface area contributed by atoms with Crippen molar-refractivity contribution in [2.75, 3.05) is 7.11 Å². The van der Waals surface area contributed by atoms with E-state index in [1.165, 1.54) is 0 Å². The molecule has 0 radical (unpaired) electrons. The zero-order valence-corrected chi connectivity index (χ0v) is 14.3. The molecule has 0 N–H and O–H groups in total. The van der Waals surface area contributed by atoms with Crippen molar-refractivity contribution in [1.29, 1.82) is 0 Å². The van der Waals surface area contributed by atoms with Gasteiger partial charge in [-0.25, -0.2) is 9.97 Å². The van der Waals surface area contributed by atoms with Gasteiger partial charge in [0.25, 0.3) is 0 Å². The summed E-state index contributed by atoms with van der Waals surface area (Å²) >= 11 is 3.37. The van der Waals surface area contributed by atoms with Gasteiger partial charge in [-0.05, 0) is 29.2 Å². The predicted octanol–water partition coefficient (Wildman–Crippen LogP) is 4.47. The summed E-state index contributed by atoms with van der Waals surface area (Å²) in [6.45, 7) is 6.39. The molecule has 1 aromatic carbocycles. The third-order valence-electron chi connectivity index (χ3n) is 3.03. The highest BCUT2D eigenvalue weighted by Gasteiger charge is 2.21. The second-order valence-electron chi connectivity index (χ2n) is 5.72. The quantitative estimate of drug-likeness (QED) is 0.763. The van der Waals surface area contributed by atoms with Crippen LogP contribution in [0.1, 0.15) is 31.9 Å². The lowest BCUT2D eigenvalue weighted by Gasteiger charge is -2.22. The molecule has 0 aliphatic heterocycles. The molecule has 1 heterocycles. The van der Waals surface area contributed by atoms with Gasteiger partial charge in [-0.1, -0.05) is 36.7 Å². The molecule has 0 spiro atoms. The van der Waals surface area contributed by atoms with Crippen molar-refractivity contribution in [3.63, 3.8) is 0 Å². The molecule has 112 valence electrons. The molecule has 0 aliphatic rings. The Bertz CT molecular complexity index is 607. The summed E-state index contributed by atoms with van der Waals surface area (Å²) in [5, 5.41) is 0.725. The monoisotopic (exact) mass is 350 g/mol. The first-order valence-corrected chi connectivity index (χ1v) is 7.79. The average Bonchev–Trinajstić information content (AvgIpc) is 2.47. The fourth-order valence-corrected chi connectivity index (χ4v) is 2.16. The Morgan fingerprint density at radius 1 is 1.14 bits per heavy atom. The van der Waals surface area contributed by atoms with Crippen LogP contribution in [0.4, 0.5) is 0 Å². The largest absolute Gasteiger partial charge is 0.497 e. The SMILES string of the molecule is COc1ccc(Oc2ncc(CBr)cn2)c(C(C)(C)C)c1. The number of benzene rings is 1. The highest BCUT2D eigenvalue weighted by molar-refractivity contribution is 9.08. The summed E-state index contributed by atoms with van der Waals surface area (Å²) in [6.07, 6.45) is 3.49. The van der Waals surface area contributed by atoms with Gasteiger partial charge in [0.1, 0.15) is 11.5 Å². The van der Waals surface area contributed by atoms with E-state index in [1.54, 1.807) is 19.5 Å². The predicted molar refractivity (Wildman–Crippen MR) is 86.4 cm³/mol. The molecule has 4 nitrogen and oxygen atoms in total. The van der Waals surface area contributed by atoms with Gasteiger partial charge in [0.2, 0.25) is 0 Å². The molecule has 21 heavy (non-hydrogen) atoms. The van der Waals surface area contributed by atoms with Gasteiger partial charge in [-0.15, -0.1) is 0 Å². The lowest BCUT2D eigenvalue weighted by atomic mass is 9.86. The molecule has 1 aromatic heterocycles. The molecule has 0 saturated carbocycles. The van der Waals surface area contributed by atoms with Crippen LogP contribution in [-0.2, 0) is 10.7 Å². The molecule has 5 heteroatoms. The molecule has 0 atom stereocenters. The van der Waals surface area contributed by atoms with Crippen LogP contribution in [0.2, 0.25) is 0 Å². The van der Waals surface area contributed by atoms with Crippen LogP contribution in [0.5, 0.6) is 17.5 Å². The van der Waals surface area contributed by atoms with Gasteiger partial charge in [0, 0.05) is 23.3 Å². The Balaban J connectivity index is 2.34. The average molecular weight is 351 g/mol. The van der Waals surface area contributed by atoms with Gasteiger partial charge in [0.15, 0.2) is 0 Å². The van der Waals surface area contributed by atoms with Crippen molar-refractivity contribution < 1.29 is 9.47 Å². The first kappa shape index (κ1) is 15.8. The Hall–Kier alpha value is -1.62. The standard InChI is InChI=1S/C16H19BrN2O2/c1-16(2,3)13-7-12(20-4)5-6-14(13)21-15-18-9-11(8-17)10-19-15/h5-7,9-10H,8H2,1-4H3. The van der Waals surface area contributed by atoms with Crippen LogP contribution in [0.3, 0.4) is 0 Å². The summed E-state index contributed by atoms with van der Waals surface area (Å²) < 4.78 is 11.1. The van der Waals surface area contributed by atoms with E-state index in [0.29, 0.717) is 6.01 Å². The normalized spacial score (nSPS) is 11.3. The number of rotatable bonds is 4. The summed E-state index contributed by atoms with van der Waals surface area (Å²) in [4.78, 5) is 8.43. The third-order valence-corrected chi connectivity index (χ3v) is 3.68. The van der Waals surface area contributed by atoms with E-state index in [4.69, 9.17) is 9.47 Å². The second kappa shape index (κ2) is 6.43. The van der Waals surface area contributed by atoms with Crippen LogP contribution in [0.25, 0.3) is 0 Å². The molecule has 0 amide bonds. The Kier molecular flexibility index (Phi) is 4.83. The number of aromatic nitrogens is 2. The fourth-order valence-electron chi connectivity index (χ4n) is 1.87. The summed E-state index contributed by atoms with van der Waals surface area (Å²) in [7, 11) is 1.66. The number of hydrogen-bond donors (Lipinski definition) is 0. The van der Waals surface area contributed by atoms with Gasteiger partial charge < -0.3 is 9.47 Å². The smallest absolute Gasteiger partial charge is 0.321 e. The number of nitrogens with zero attached hydrogens (tertiary/aromatic N) is 2. The zero-order valence-electron chi connectivity index (χ0n) is 12.7. The third kappa shape index (κ3) is 3.94. The molecule has 2 rings (SSSR count). The molecular weight excluding hydrogens is 332 g/mol. The van der Waals surface area contributed by atoms with Crippen LogP contribution >= 0.6 is 15.9 Å². The number of hydrogen-bond acceptors (Lipinski definition) is 4. The van der Waals surface area contributed by atoms with Crippen LogP contribution in [-0.4, -0.2) is 17.1 Å². The van der Waals surface area contributed by atoms with Crippen molar-refractivity contribution in [3.8, 4) is 17.5 Å². The van der Waals surface area contributed by atoms with E-state index < -0.39 is 0 Å². The molecule has 2 aromatic rings. The van der Waals surface area contributed by atoms with Crippen molar-refractivity contribution in [2.24, 2.45) is 0 Å². The highest BCUT2D eigenvalue weighted by atomic mass is 79.9. The topological polar surface area (TPSA) is 44.2 Å². The first-order chi connectivity index (χ1) is 9.94. The van der Waals surface area contributed by atoms with Crippen LogP contribution in [0, 0.1) is 0 Å². The summed E-state index contributed by atoms with van der Waals surface area (Å²) in [5.41, 5.74) is 1.99. The molecule has 0 aliphatic carbocycles. The van der Waals surface area contributed by atoms with Crippen molar-refractivity contribution in [3.05, 3.63) is 41.7 Å². The van der Waals surface area contributed by atoms with Gasteiger partial charge in [0.05, 0.1) is 7.11 Å². The number of ether oxygens (including phenoxy) is 2. The molecular formula is C16H19BrN2O2. The maximum Gasteiger partial charge on any atom is 0.321 e. The molecule has 0 fully saturated rings. The van der Waals surface area contributed by atoms with Crippen molar-refractivity contribution in [2.45, 2.75) is 31.5 Å². The molecule has 0 bridgehead atoms. The Morgan fingerprint density at radius 3 is 2.33 bits per heavy atom. The van der Waals surface area contributed by atoms with E-state index in [0.717, 1.165) is 28.0 Å². The maximum absolute atomic E-state index is 5.84. The van der Waals surface area contributed by atoms with E-state index >= 15 is 0 Å². The number of alkyl halides is 1. The van der Waals surface area contributed by atoms with Crippen molar-refractivity contribution in [1.82, 2.24) is 9.97 Å². The van der Waals surface area contributed by atoms with E-state index in [-0.39, 0.29) is 5.41 Å². The minimum atomic E-state index is -0.0698. The summed E-state index contributed by atoms with van der Waals surface area (Å²) in [5.74, 6) is 1.55. The Morgan fingerprint density at radius 2 is 1.81 bits per heavy atom. The van der Waals surface area contributed by atoms with Gasteiger partial charge >= 0.3 is 6.01 Å². The first-order valence-electron chi connectivity index (χ1n) is 6.67. The van der Waals surface area contributed by atoms with Gasteiger partial charge in [-0.3, -0.25) is 0 Å². The number of halogens is 1. The van der Waals surface area contributed by atoms with Gasteiger partial charge in [-0.2, -0.15) is 0 Å². The van der Waals surface area contributed by atoms with Crippen molar-refractivity contribution >= 4 is 15.9 Å².